The quantitative estimate of drug-likeness (QED) is 0.285. The monoisotopic (exact) mass is 485 g/mol. The first kappa shape index (κ1) is 21.0. The number of nitrogens with zero attached hydrogens (tertiary/aromatic N) is 3. The SMILES string of the molecule is O=[N+]([O-])c1ccccc1N=c1scc(-c2ccccc2Br)n1C1CCCCCCC1. The Morgan fingerprint density at radius 3 is 2.40 bits per heavy atom. The molecule has 1 aliphatic carbocycles. The molecule has 1 saturated carbocycles. The van der Waals surface area contributed by atoms with Crippen molar-refractivity contribution in [3.63, 3.8) is 0 Å². The highest BCUT2D eigenvalue weighted by atomic mass is 79.9. The lowest BCUT2D eigenvalue weighted by Crippen LogP contribution is -2.23. The summed E-state index contributed by atoms with van der Waals surface area (Å²) in [6, 6.07) is 15.3. The molecular formula is C23H24BrN3O2S. The standard InChI is InChI=1S/C23H24BrN3O2S/c24-19-13-7-6-12-18(19)22-16-30-23(25-20-14-8-9-15-21(20)27(28)29)26(22)17-10-4-2-1-3-5-11-17/h6-9,12-17H,1-5,10-11H2. The molecule has 0 radical (unpaired) electrons. The Morgan fingerprint density at radius 1 is 1.00 bits per heavy atom. The van der Waals surface area contributed by atoms with Crippen LogP contribution in [0.4, 0.5) is 11.4 Å². The lowest BCUT2D eigenvalue weighted by atomic mass is 9.96. The van der Waals surface area contributed by atoms with Crippen LogP contribution >= 0.6 is 27.3 Å². The Hall–Kier alpha value is -2.25. The van der Waals surface area contributed by atoms with Crippen molar-refractivity contribution in [3.05, 3.63) is 73.3 Å². The summed E-state index contributed by atoms with van der Waals surface area (Å²) in [7, 11) is 0. The van der Waals surface area contributed by atoms with Crippen molar-refractivity contribution in [1.29, 1.82) is 0 Å². The van der Waals surface area contributed by atoms with E-state index >= 15 is 0 Å². The van der Waals surface area contributed by atoms with E-state index in [0.29, 0.717) is 11.7 Å². The summed E-state index contributed by atoms with van der Waals surface area (Å²) in [6.45, 7) is 0. The molecule has 0 atom stereocenters. The summed E-state index contributed by atoms with van der Waals surface area (Å²) in [4.78, 5) is 16.7. The third-order valence-electron chi connectivity index (χ3n) is 5.63. The van der Waals surface area contributed by atoms with Gasteiger partial charge in [0.2, 0.25) is 0 Å². The van der Waals surface area contributed by atoms with Crippen LogP contribution in [0, 0.1) is 10.1 Å². The van der Waals surface area contributed by atoms with Gasteiger partial charge in [-0.25, -0.2) is 4.99 Å². The van der Waals surface area contributed by atoms with Gasteiger partial charge < -0.3 is 4.57 Å². The summed E-state index contributed by atoms with van der Waals surface area (Å²) in [5.41, 5.74) is 2.69. The summed E-state index contributed by atoms with van der Waals surface area (Å²) >= 11 is 5.25. The number of rotatable bonds is 4. The Morgan fingerprint density at radius 2 is 1.67 bits per heavy atom. The van der Waals surface area contributed by atoms with E-state index < -0.39 is 0 Å². The van der Waals surface area contributed by atoms with Gasteiger partial charge in [-0.3, -0.25) is 10.1 Å². The van der Waals surface area contributed by atoms with E-state index in [-0.39, 0.29) is 10.6 Å². The van der Waals surface area contributed by atoms with Crippen LogP contribution in [0.15, 0.2) is 63.4 Å². The highest BCUT2D eigenvalue weighted by Gasteiger charge is 2.21. The van der Waals surface area contributed by atoms with Gasteiger partial charge in [-0.05, 0) is 25.0 Å². The van der Waals surface area contributed by atoms with Crippen molar-refractivity contribution in [2.45, 2.75) is 51.0 Å². The second-order valence-corrected chi connectivity index (χ2v) is 9.30. The maximum atomic E-state index is 11.5. The van der Waals surface area contributed by atoms with Crippen LogP contribution < -0.4 is 4.80 Å². The zero-order chi connectivity index (χ0) is 20.9. The van der Waals surface area contributed by atoms with Crippen molar-refractivity contribution < 1.29 is 4.92 Å². The molecule has 2 aromatic carbocycles. The molecule has 4 rings (SSSR count). The molecule has 5 nitrogen and oxygen atoms in total. The molecule has 0 aliphatic heterocycles. The second kappa shape index (κ2) is 9.71. The van der Waals surface area contributed by atoms with E-state index in [9.17, 15) is 10.1 Å². The molecule has 3 aromatic rings. The highest BCUT2D eigenvalue weighted by Crippen LogP contribution is 2.35. The predicted octanol–water partition coefficient (Wildman–Crippen LogP) is 7.41. The highest BCUT2D eigenvalue weighted by molar-refractivity contribution is 9.10. The molecule has 1 aliphatic rings. The van der Waals surface area contributed by atoms with Crippen molar-refractivity contribution >= 4 is 38.6 Å². The summed E-state index contributed by atoms with van der Waals surface area (Å²) in [5, 5.41) is 13.6. The molecule has 30 heavy (non-hydrogen) atoms. The first-order valence-corrected chi connectivity index (χ1v) is 12.1. The Kier molecular flexibility index (Phi) is 6.79. The number of nitro groups is 1. The number of thiazole rings is 1. The lowest BCUT2D eigenvalue weighted by molar-refractivity contribution is -0.384. The molecule has 0 amide bonds. The Labute approximate surface area is 188 Å². The number of halogens is 1. The average molecular weight is 486 g/mol. The first-order valence-electron chi connectivity index (χ1n) is 10.4. The first-order chi connectivity index (χ1) is 14.6. The molecular weight excluding hydrogens is 462 g/mol. The van der Waals surface area contributed by atoms with Gasteiger partial charge >= 0.3 is 0 Å². The molecule has 156 valence electrons. The normalized spacial score (nSPS) is 16.2. The van der Waals surface area contributed by atoms with Gasteiger partial charge in [0, 0.05) is 27.5 Å². The van der Waals surface area contributed by atoms with Crippen LogP contribution in [0.2, 0.25) is 0 Å². The third kappa shape index (κ3) is 4.57. The zero-order valence-electron chi connectivity index (χ0n) is 16.7. The Balaban J connectivity index is 1.89. The number of aromatic nitrogens is 1. The van der Waals surface area contributed by atoms with Gasteiger partial charge in [0.25, 0.3) is 5.69 Å². The summed E-state index contributed by atoms with van der Waals surface area (Å²) < 4.78 is 3.37. The van der Waals surface area contributed by atoms with E-state index in [2.05, 4.69) is 31.9 Å². The summed E-state index contributed by atoms with van der Waals surface area (Å²) in [6.07, 6.45) is 8.47. The number of para-hydroxylation sites is 2. The fourth-order valence-electron chi connectivity index (χ4n) is 4.13. The van der Waals surface area contributed by atoms with Crippen LogP contribution in [0.25, 0.3) is 11.3 Å². The van der Waals surface area contributed by atoms with E-state index in [4.69, 9.17) is 4.99 Å². The lowest BCUT2D eigenvalue weighted by Gasteiger charge is -2.24. The van der Waals surface area contributed by atoms with Gasteiger partial charge in [0.1, 0.15) is 5.69 Å². The minimum absolute atomic E-state index is 0.0394. The maximum absolute atomic E-state index is 11.5. The molecule has 0 spiro atoms. The van der Waals surface area contributed by atoms with Crippen LogP contribution in [0.1, 0.15) is 51.0 Å². The number of benzene rings is 2. The largest absolute Gasteiger partial charge is 0.313 e. The molecule has 0 unspecified atom stereocenters. The summed E-state index contributed by atoms with van der Waals surface area (Å²) in [5.74, 6) is 0. The molecule has 1 aromatic heterocycles. The zero-order valence-corrected chi connectivity index (χ0v) is 19.1. The van der Waals surface area contributed by atoms with Gasteiger partial charge in [-0.15, -0.1) is 11.3 Å². The van der Waals surface area contributed by atoms with E-state index in [1.54, 1.807) is 29.5 Å². The van der Waals surface area contributed by atoms with Crippen molar-refractivity contribution in [1.82, 2.24) is 4.57 Å². The van der Waals surface area contributed by atoms with Crippen molar-refractivity contribution in [3.8, 4) is 11.3 Å². The predicted molar refractivity (Wildman–Crippen MR) is 125 cm³/mol. The van der Waals surface area contributed by atoms with Gasteiger partial charge in [-0.1, -0.05) is 78.4 Å². The topological polar surface area (TPSA) is 60.4 Å². The van der Waals surface area contributed by atoms with E-state index in [0.717, 1.165) is 33.4 Å². The molecule has 0 saturated heterocycles. The molecule has 1 heterocycles. The van der Waals surface area contributed by atoms with Crippen LogP contribution in [0.5, 0.6) is 0 Å². The van der Waals surface area contributed by atoms with Crippen molar-refractivity contribution in [2.24, 2.45) is 4.99 Å². The minimum atomic E-state index is -0.360. The fourth-order valence-corrected chi connectivity index (χ4v) is 5.59. The van der Waals surface area contributed by atoms with Crippen LogP contribution in [0.3, 0.4) is 0 Å². The van der Waals surface area contributed by atoms with E-state index in [1.807, 2.05) is 18.2 Å². The average Bonchev–Trinajstić information content (AvgIpc) is 3.11. The smallest absolute Gasteiger partial charge is 0.294 e. The van der Waals surface area contributed by atoms with E-state index in [1.165, 1.54) is 38.2 Å². The fraction of sp³-hybridized carbons (Fsp3) is 0.348. The third-order valence-corrected chi connectivity index (χ3v) is 7.16. The van der Waals surface area contributed by atoms with Crippen molar-refractivity contribution in [2.75, 3.05) is 0 Å². The number of hydrogen-bond acceptors (Lipinski definition) is 4. The number of hydrogen-bond donors (Lipinski definition) is 0. The molecule has 1 fully saturated rings. The molecule has 0 N–H and O–H groups in total. The maximum Gasteiger partial charge on any atom is 0.294 e. The van der Waals surface area contributed by atoms with Crippen LogP contribution in [-0.4, -0.2) is 9.49 Å². The molecule has 7 heteroatoms. The Bertz CT molecular complexity index is 1100. The minimum Gasteiger partial charge on any atom is -0.313 e. The number of nitro benzene ring substituents is 1. The second-order valence-electron chi connectivity index (χ2n) is 7.61. The van der Waals surface area contributed by atoms with Gasteiger partial charge in [-0.2, -0.15) is 0 Å². The molecule has 0 bridgehead atoms. The van der Waals surface area contributed by atoms with Gasteiger partial charge in [0.15, 0.2) is 4.80 Å². The van der Waals surface area contributed by atoms with Crippen LogP contribution in [-0.2, 0) is 0 Å². The van der Waals surface area contributed by atoms with Gasteiger partial charge in [0.05, 0.1) is 10.6 Å².